The van der Waals surface area contributed by atoms with Gasteiger partial charge in [-0.3, -0.25) is 0 Å². The Balaban J connectivity index is 2.64. The SMILES string of the molecule is CC(C)C1(C(C)C)CC(=[Si])c2ccccc21. The molecule has 0 aliphatic heterocycles. The van der Waals surface area contributed by atoms with E-state index in [0.717, 1.165) is 6.42 Å². The molecule has 0 unspecified atom stereocenters. The Morgan fingerprint density at radius 2 is 1.62 bits per heavy atom. The van der Waals surface area contributed by atoms with Crippen LogP contribution in [-0.4, -0.2) is 15.0 Å². The molecule has 0 spiro atoms. The average molecular weight is 228 g/mol. The fourth-order valence-corrected chi connectivity index (χ4v) is 3.84. The Hall–Kier alpha value is -0.693. The summed E-state index contributed by atoms with van der Waals surface area (Å²) in [5, 5.41) is 1.37. The van der Waals surface area contributed by atoms with Crippen LogP contribution < -0.4 is 0 Å². The maximum absolute atomic E-state index is 3.82. The average Bonchev–Trinajstić information content (AvgIpc) is 2.54. The van der Waals surface area contributed by atoms with Gasteiger partial charge in [-0.1, -0.05) is 57.1 Å². The number of fused-ring (bicyclic) bond motifs is 1. The molecule has 1 aromatic carbocycles. The quantitative estimate of drug-likeness (QED) is 0.681. The summed E-state index contributed by atoms with van der Waals surface area (Å²) in [7, 11) is 3.82. The number of benzene rings is 1. The third-order valence-corrected chi connectivity index (χ3v) is 4.73. The molecule has 0 amide bonds. The van der Waals surface area contributed by atoms with Gasteiger partial charge in [0.2, 0.25) is 0 Å². The molecule has 0 saturated heterocycles. The molecule has 0 nitrogen and oxygen atoms in total. The van der Waals surface area contributed by atoms with Crippen molar-refractivity contribution in [2.45, 2.75) is 39.5 Å². The van der Waals surface area contributed by atoms with Crippen LogP contribution in [0.4, 0.5) is 0 Å². The topological polar surface area (TPSA) is 0 Å². The fourth-order valence-electron chi connectivity index (χ4n) is 3.33. The van der Waals surface area contributed by atoms with Gasteiger partial charge in [-0.15, -0.1) is 0 Å². The predicted molar refractivity (Wildman–Crippen MR) is 72.3 cm³/mol. The van der Waals surface area contributed by atoms with Gasteiger partial charge in [0, 0.05) is 15.3 Å². The maximum Gasteiger partial charge on any atom is 0.0352 e. The lowest BCUT2D eigenvalue weighted by Gasteiger charge is -2.39. The lowest BCUT2D eigenvalue weighted by Crippen LogP contribution is -2.36. The standard InChI is InChI=1S/C15H20Si/c1-10(2)15(11(3)4)9-14(16)12-7-5-6-8-13(12)15/h5-8,10-11H,9H2,1-4H3. The maximum atomic E-state index is 3.82. The Morgan fingerprint density at radius 3 is 2.19 bits per heavy atom. The summed E-state index contributed by atoms with van der Waals surface area (Å²) in [6.45, 7) is 9.40. The van der Waals surface area contributed by atoms with Crippen molar-refractivity contribution in [3.05, 3.63) is 35.4 Å². The van der Waals surface area contributed by atoms with Gasteiger partial charge >= 0.3 is 0 Å². The molecule has 0 N–H and O–H groups in total. The molecule has 0 heterocycles. The number of hydrogen-bond acceptors (Lipinski definition) is 0. The van der Waals surface area contributed by atoms with E-state index in [-0.39, 0.29) is 0 Å². The Morgan fingerprint density at radius 1 is 1.06 bits per heavy atom. The van der Waals surface area contributed by atoms with Crippen LogP contribution in [0.1, 0.15) is 45.2 Å². The van der Waals surface area contributed by atoms with Crippen LogP contribution in [0.3, 0.4) is 0 Å². The minimum Gasteiger partial charge on any atom is -0.0619 e. The molecule has 0 aromatic heterocycles. The van der Waals surface area contributed by atoms with Crippen molar-refractivity contribution in [1.82, 2.24) is 0 Å². The highest BCUT2D eigenvalue weighted by atomic mass is 28.1. The first-order valence-electron chi connectivity index (χ1n) is 6.17. The van der Waals surface area contributed by atoms with Gasteiger partial charge < -0.3 is 0 Å². The molecule has 1 aliphatic rings. The Labute approximate surface area is 102 Å². The van der Waals surface area contributed by atoms with Crippen LogP contribution in [0, 0.1) is 11.8 Å². The van der Waals surface area contributed by atoms with Crippen molar-refractivity contribution in [2.75, 3.05) is 0 Å². The smallest absolute Gasteiger partial charge is 0.0352 e. The van der Waals surface area contributed by atoms with E-state index in [9.17, 15) is 0 Å². The van der Waals surface area contributed by atoms with E-state index in [1.807, 2.05) is 0 Å². The minimum absolute atomic E-state index is 0.313. The highest BCUT2D eigenvalue weighted by molar-refractivity contribution is 6.45. The van der Waals surface area contributed by atoms with Crippen LogP contribution in [-0.2, 0) is 5.41 Å². The van der Waals surface area contributed by atoms with Gasteiger partial charge in [-0.05, 0) is 29.4 Å². The van der Waals surface area contributed by atoms with Crippen LogP contribution in [0.5, 0.6) is 0 Å². The molecule has 0 bridgehead atoms. The zero-order chi connectivity index (χ0) is 11.9. The van der Waals surface area contributed by atoms with E-state index in [1.54, 1.807) is 0 Å². The third kappa shape index (κ3) is 1.45. The summed E-state index contributed by atoms with van der Waals surface area (Å²) in [4.78, 5) is 0. The van der Waals surface area contributed by atoms with E-state index in [2.05, 4.69) is 61.8 Å². The van der Waals surface area contributed by atoms with E-state index < -0.39 is 0 Å². The molecule has 0 fully saturated rings. The summed E-state index contributed by atoms with van der Waals surface area (Å²) >= 11 is 0. The summed E-state index contributed by atoms with van der Waals surface area (Å²) < 4.78 is 0. The minimum atomic E-state index is 0.313. The second kappa shape index (κ2) is 3.96. The Kier molecular flexibility index (Phi) is 2.91. The summed E-state index contributed by atoms with van der Waals surface area (Å²) in [5.41, 5.74) is 3.26. The van der Waals surface area contributed by atoms with Crippen molar-refractivity contribution in [2.24, 2.45) is 11.8 Å². The molecule has 1 heteroatoms. The fraction of sp³-hybridized carbons (Fsp3) is 0.533. The van der Waals surface area contributed by atoms with Gasteiger partial charge in [-0.25, -0.2) is 0 Å². The van der Waals surface area contributed by atoms with Crippen LogP contribution in [0.25, 0.3) is 0 Å². The Bertz CT molecular complexity index is 407. The first-order chi connectivity index (χ1) is 7.50. The highest BCUT2D eigenvalue weighted by Crippen LogP contribution is 2.48. The van der Waals surface area contributed by atoms with Crippen LogP contribution in [0.15, 0.2) is 24.3 Å². The molecule has 0 atom stereocenters. The number of hydrogen-bond donors (Lipinski definition) is 0. The predicted octanol–water partition coefficient (Wildman–Crippen LogP) is 3.33. The van der Waals surface area contributed by atoms with E-state index in [4.69, 9.17) is 0 Å². The second-order valence-electron chi connectivity index (χ2n) is 5.55. The van der Waals surface area contributed by atoms with Gasteiger partial charge in [0.15, 0.2) is 0 Å². The van der Waals surface area contributed by atoms with E-state index in [0.29, 0.717) is 17.3 Å². The first-order valence-corrected chi connectivity index (χ1v) is 6.67. The third-order valence-electron chi connectivity index (χ3n) is 4.28. The second-order valence-corrected chi connectivity index (χ2v) is 6.15. The van der Waals surface area contributed by atoms with Crippen molar-refractivity contribution in [3.63, 3.8) is 0 Å². The molecule has 1 aromatic rings. The lowest BCUT2D eigenvalue weighted by atomic mass is 9.65. The highest BCUT2D eigenvalue weighted by Gasteiger charge is 2.44. The first kappa shape index (κ1) is 11.8. The van der Waals surface area contributed by atoms with Crippen molar-refractivity contribution in [1.29, 1.82) is 0 Å². The normalized spacial score (nSPS) is 18.2. The van der Waals surface area contributed by atoms with Gasteiger partial charge in [0.05, 0.1) is 0 Å². The lowest BCUT2D eigenvalue weighted by molar-refractivity contribution is 0.235. The van der Waals surface area contributed by atoms with Crippen LogP contribution >= 0.6 is 0 Å². The molecule has 2 rings (SSSR count). The van der Waals surface area contributed by atoms with E-state index in [1.165, 1.54) is 16.3 Å². The van der Waals surface area contributed by atoms with Gasteiger partial charge in [0.1, 0.15) is 0 Å². The summed E-state index contributed by atoms with van der Waals surface area (Å²) in [6.07, 6.45) is 1.15. The molecule has 2 radical (unpaired) electrons. The largest absolute Gasteiger partial charge is 0.0619 e. The zero-order valence-corrected chi connectivity index (χ0v) is 11.7. The van der Waals surface area contributed by atoms with Crippen molar-refractivity contribution in [3.8, 4) is 0 Å². The molecule has 0 saturated carbocycles. The van der Waals surface area contributed by atoms with Crippen molar-refractivity contribution < 1.29 is 0 Å². The van der Waals surface area contributed by atoms with Gasteiger partial charge in [-0.2, -0.15) is 0 Å². The van der Waals surface area contributed by atoms with Gasteiger partial charge in [0.25, 0.3) is 0 Å². The number of rotatable bonds is 2. The molecule has 1 aliphatic carbocycles. The molecular weight excluding hydrogens is 208 g/mol. The summed E-state index contributed by atoms with van der Waals surface area (Å²) in [6, 6.07) is 8.85. The van der Waals surface area contributed by atoms with Crippen molar-refractivity contribution >= 4 is 15.0 Å². The summed E-state index contributed by atoms with van der Waals surface area (Å²) in [5.74, 6) is 1.34. The molecular formula is C15H20Si. The monoisotopic (exact) mass is 228 g/mol. The zero-order valence-electron chi connectivity index (χ0n) is 10.7. The molecule has 16 heavy (non-hydrogen) atoms. The van der Waals surface area contributed by atoms with Crippen LogP contribution in [0.2, 0.25) is 0 Å². The molecule has 84 valence electrons. The van der Waals surface area contributed by atoms with E-state index >= 15 is 0 Å².